The number of hydrogen-bond donors (Lipinski definition) is 1. The largest absolute Gasteiger partial charge is 0.382 e. The van der Waals surface area contributed by atoms with Crippen LogP contribution in [0.4, 0.5) is 11.4 Å². The Morgan fingerprint density at radius 1 is 1.12 bits per heavy atom. The van der Waals surface area contributed by atoms with Crippen LogP contribution in [-0.2, 0) is 11.2 Å². The number of nitrogens with one attached hydrogen (secondary N) is 1. The first-order valence-electron chi connectivity index (χ1n) is 12.6. The summed E-state index contributed by atoms with van der Waals surface area (Å²) in [5, 5.41) is 8.10. The summed E-state index contributed by atoms with van der Waals surface area (Å²) in [6, 6.07) is 10.0. The lowest BCUT2D eigenvalue weighted by Crippen LogP contribution is -2.47. The van der Waals surface area contributed by atoms with Gasteiger partial charge in [-0.2, -0.15) is 5.10 Å². The average molecular weight is 471 g/mol. The summed E-state index contributed by atoms with van der Waals surface area (Å²) >= 11 is 6.49. The molecule has 5 rings (SSSR count). The number of fused-ring (bicyclic) bond motifs is 1. The van der Waals surface area contributed by atoms with Gasteiger partial charge in [0.1, 0.15) is 5.02 Å². The van der Waals surface area contributed by atoms with E-state index in [-0.39, 0.29) is 16.6 Å². The summed E-state index contributed by atoms with van der Waals surface area (Å²) in [5.74, 6) is 0.454. The first-order valence-corrected chi connectivity index (χ1v) is 12.9. The zero-order valence-corrected chi connectivity index (χ0v) is 20.3. The molecule has 0 bridgehead atoms. The summed E-state index contributed by atoms with van der Waals surface area (Å²) in [7, 11) is 0. The molecule has 2 aliphatic heterocycles. The van der Waals surface area contributed by atoms with Gasteiger partial charge >= 0.3 is 0 Å². The van der Waals surface area contributed by atoms with Crippen LogP contribution in [0.1, 0.15) is 63.5 Å². The van der Waals surface area contributed by atoms with Gasteiger partial charge in [-0.25, -0.2) is 4.68 Å². The number of anilines is 2. The fourth-order valence-corrected chi connectivity index (χ4v) is 6.11. The SMILES string of the molecule is CC1CCc2ccccc2N1[C@H]1CC[C@H](n2ncc(NC[C@H]3CCCOC3)c(Cl)c2=O)CC1. The molecule has 178 valence electrons. The normalized spacial score (nSPS) is 27.8. The number of benzene rings is 1. The van der Waals surface area contributed by atoms with E-state index >= 15 is 0 Å². The van der Waals surface area contributed by atoms with E-state index in [0.717, 1.165) is 64.7 Å². The lowest BCUT2D eigenvalue weighted by Gasteiger charge is -2.45. The number of hydrogen-bond acceptors (Lipinski definition) is 5. The molecule has 1 unspecified atom stereocenters. The van der Waals surface area contributed by atoms with E-state index in [1.807, 2.05) is 0 Å². The average Bonchev–Trinajstić information content (AvgIpc) is 2.86. The molecule has 33 heavy (non-hydrogen) atoms. The van der Waals surface area contributed by atoms with Crippen LogP contribution in [0, 0.1) is 5.92 Å². The lowest BCUT2D eigenvalue weighted by atomic mass is 9.86. The third kappa shape index (κ3) is 4.78. The molecule has 0 spiro atoms. The summed E-state index contributed by atoms with van der Waals surface area (Å²) in [6.07, 6.45) is 10.3. The quantitative estimate of drug-likeness (QED) is 0.661. The van der Waals surface area contributed by atoms with E-state index in [9.17, 15) is 4.79 Å². The van der Waals surface area contributed by atoms with Crippen LogP contribution in [0.2, 0.25) is 5.02 Å². The molecule has 1 aromatic heterocycles. The van der Waals surface area contributed by atoms with Gasteiger partial charge in [-0.05, 0) is 75.8 Å². The molecule has 2 aromatic rings. The Hall–Kier alpha value is -2.05. The van der Waals surface area contributed by atoms with E-state index in [1.165, 1.54) is 17.7 Å². The molecule has 1 N–H and O–H groups in total. The molecule has 0 amide bonds. The number of halogens is 1. The Kier molecular flexibility index (Phi) is 6.93. The first kappa shape index (κ1) is 22.7. The first-order chi connectivity index (χ1) is 16.1. The highest BCUT2D eigenvalue weighted by Gasteiger charge is 2.33. The maximum Gasteiger partial charge on any atom is 0.287 e. The van der Waals surface area contributed by atoms with Gasteiger partial charge in [0.2, 0.25) is 0 Å². The van der Waals surface area contributed by atoms with E-state index in [0.29, 0.717) is 23.7 Å². The van der Waals surface area contributed by atoms with E-state index < -0.39 is 0 Å². The number of ether oxygens (including phenoxy) is 1. The fraction of sp³-hybridized carbons (Fsp3) is 0.615. The van der Waals surface area contributed by atoms with Gasteiger partial charge in [0.25, 0.3) is 5.56 Å². The number of nitrogens with zero attached hydrogens (tertiary/aromatic N) is 3. The van der Waals surface area contributed by atoms with Gasteiger partial charge in [0.05, 0.1) is 24.5 Å². The van der Waals surface area contributed by atoms with Crippen LogP contribution in [0.3, 0.4) is 0 Å². The predicted molar refractivity (Wildman–Crippen MR) is 134 cm³/mol. The predicted octanol–water partition coefficient (Wildman–Crippen LogP) is 5.06. The van der Waals surface area contributed by atoms with Crippen LogP contribution >= 0.6 is 11.6 Å². The van der Waals surface area contributed by atoms with Crippen molar-refractivity contribution in [1.82, 2.24) is 9.78 Å². The molecule has 2 atom stereocenters. The smallest absolute Gasteiger partial charge is 0.287 e. The summed E-state index contributed by atoms with van der Waals surface area (Å²) in [4.78, 5) is 15.7. The zero-order valence-electron chi connectivity index (χ0n) is 19.5. The third-order valence-electron chi connectivity index (χ3n) is 7.76. The van der Waals surface area contributed by atoms with Crippen LogP contribution in [-0.4, -0.2) is 41.6 Å². The van der Waals surface area contributed by atoms with E-state index in [4.69, 9.17) is 16.3 Å². The molecular formula is C26H35ClN4O2. The summed E-state index contributed by atoms with van der Waals surface area (Å²) < 4.78 is 7.17. The standard InChI is InChI=1S/C26H35ClN4O2/c1-18-8-9-20-6-2-3-7-24(20)30(18)21-10-12-22(13-11-21)31-26(32)25(27)23(16-29-31)28-15-19-5-4-14-33-17-19/h2-3,6-7,16,18-19,21-22,28H,4-5,8-15,17H2,1H3/t18?,19-,21-,22-/m1/s1. The minimum Gasteiger partial charge on any atom is -0.382 e. The highest BCUT2D eigenvalue weighted by molar-refractivity contribution is 6.32. The van der Waals surface area contributed by atoms with Crippen LogP contribution in [0.25, 0.3) is 0 Å². The van der Waals surface area contributed by atoms with Crippen molar-refractivity contribution in [3.63, 3.8) is 0 Å². The van der Waals surface area contributed by atoms with Gasteiger partial charge in [-0.15, -0.1) is 0 Å². The van der Waals surface area contributed by atoms with Crippen molar-refractivity contribution in [2.75, 3.05) is 30.0 Å². The maximum atomic E-state index is 13.0. The van der Waals surface area contributed by atoms with E-state index in [1.54, 1.807) is 10.9 Å². The van der Waals surface area contributed by atoms with Gasteiger partial charge < -0.3 is 15.0 Å². The fourth-order valence-electron chi connectivity index (χ4n) is 5.90. The minimum absolute atomic E-state index is 0.113. The van der Waals surface area contributed by atoms with Crippen LogP contribution in [0.5, 0.6) is 0 Å². The molecule has 3 heterocycles. The minimum atomic E-state index is -0.179. The monoisotopic (exact) mass is 470 g/mol. The molecule has 3 aliphatic rings. The van der Waals surface area contributed by atoms with Crippen molar-refractivity contribution in [3.05, 3.63) is 51.4 Å². The number of aryl methyl sites for hydroxylation is 1. The Morgan fingerprint density at radius 2 is 1.91 bits per heavy atom. The zero-order chi connectivity index (χ0) is 22.8. The van der Waals surface area contributed by atoms with Crippen molar-refractivity contribution >= 4 is 23.0 Å². The van der Waals surface area contributed by atoms with Crippen molar-refractivity contribution in [2.24, 2.45) is 5.92 Å². The molecule has 6 nitrogen and oxygen atoms in total. The second-order valence-corrected chi connectivity index (χ2v) is 10.4. The molecule has 0 radical (unpaired) electrons. The Bertz CT molecular complexity index is 1010. The second-order valence-electron chi connectivity index (χ2n) is 9.97. The summed E-state index contributed by atoms with van der Waals surface area (Å²) in [5.41, 5.74) is 3.32. The molecule has 1 aliphatic carbocycles. The van der Waals surface area contributed by atoms with Crippen molar-refractivity contribution in [2.45, 2.75) is 76.4 Å². The molecule has 1 aromatic carbocycles. The number of rotatable bonds is 5. The van der Waals surface area contributed by atoms with Gasteiger partial charge in [0.15, 0.2) is 0 Å². The number of para-hydroxylation sites is 1. The molecule has 1 saturated carbocycles. The van der Waals surface area contributed by atoms with E-state index in [2.05, 4.69) is 46.5 Å². The Balaban J connectivity index is 1.24. The lowest BCUT2D eigenvalue weighted by molar-refractivity contribution is 0.0595. The second kappa shape index (κ2) is 10.1. The third-order valence-corrected chi connectivity index (χ3v) is 8.13. The highest BCUT2D eigenvalue weighted by Crippen LogP contribution is 2.38. The Labute approximate surface area is 201 Å². The van der Waals surface area contributed by atoms with Gasteiger partial charge in [-0.3, -0.25) is 4.79 Å². The van der Waals surface area contributed by atoms with Crippen LogP contribution in [0.15, 0.2) is 35.3 Å². The summed E-state index contributed by atoms with van der Waals surface area (Å²) in [6.45, 7) is 4.71. The molecule has 7 heteroatoms. The van der Waals surface area contributed by atoms with Gasteiger partial charge in [-0.1, -0.05) is 29.8 Å². The van der Waals surface area contributed by atoms with Crippen molar-refractivity contribution in [3.8, 4) is 0 Å². The molecule has 1 saturated heterocycles. The topological polar surface area (TPSA) is 59.4 Å². The molecule has 2 fully saturated rings. The van der Waals surface area contributed by atoms with Crippen molar-refractivity contribution < 1.29 is 4.74 Å². The Morgan fingerprint density at radius 3 is 2.70 bits per heavy atom. The highest BCUT2D eigenvalue weighted by atomic mass is 35.5. The van der Waals surface area contributed by atoms with Crippen molar-refractivity contribution in [1.29, 1.82) is 0 Å². The molecular weight excluding hydrogens is 436 g/mol. The maximum absolute atomic E-state index is 13.0. The van der Waals surface area contributed by atoms with Gasteiger partial charge in [0, 0.05) is 30.9 Å². The number of aromatic nitrogens is 2. The van der Waals surface area contributed by atoms with Crippen LogP contribution < -0.4 is 15.8 Å².